The van der Waals surface area contributed by atoms with Crippen LogP contribution in [0.5, 0.6) is 0 Å². The van der Waals surface area contributed by atoms with Gasteiger partial charge in [0, 0.05) is 50.2 Å². The van der Waals surface area contributed by atoms with Gasteiger partial charge in [-0.15, -0.1) is 0 Å². The van der Waals surface area contributed by atoms with Crippen LogP contribution >= 0.6 is 0 Å². The number of nitrogens with zero attached hydrogens (tertiary/aromatic N) is 5. The van der Waals surface area contributed by atoms with Crippen LogP contribution in [0.3, 0.4) is 0 Å². The SMILES string of the molecule is O=C(c1ccc(-n2cccn2)cc1)N1CCN(S(=O)(=O)c2ccccc2[N+](=O)[O-])CC1. The summed E-state index contributed by atoms with van der Waals surface area (Å²) in [7, 11) is -4.04. The van der Waals surface area contributed by atoms with Gasteiger partial charge >= 0.3 is 0 Å². The van der Waals surface area contributed by atoms with Gasteiger partial charge < -0.3 is 4.90 Å². The van der Waals surface area contributed by atoms with E-state index in [4.69, 9.17) is 0 Å². The topological polar surface area (TPSA) is 119 Å². The zero-order chi connectivity index (χ0) is 22.0. The van der Waals surface area contributed by atoms with Crippen LogP contribution in [0.25, 0.3) is 5.69 Å². The van der Waals surface area contributed by atoms with E-state index in [-0.39, 0.29) is 37.0 Å². The first-order valence-corrected chi connectivity index (χ1v) is 10.9. The predicted molar refractivity (Wildman–Crippen MR) is 111 cm³/mol. The Bertz CT molecular complexity index is 1200. The monoisotopic (exact) mass is 441 g/mol. The molecule has 2 aromatic carbocycles. The lowest BCUT2D eigenvalue weighted by atomic mass is 10.1. The molecule has 0 N–H and O–H groups in total. The van der Waals surface area contributed by atoms with E-state index in [1.807, 2.05) is 0 Å². The highest BCUT2D eigenvalue weighted by Gasteiger charge is 2.34. The molecular weight excluding hydrogens is 422 g/mol. The van der Waals surface area contributed by atoms with Crippen molar-refractivity contribution in [1.82, 2.24) is 19.0 Å². The molecule has 0 saturated carbocycles. The number of sulfonamides is 1. The maximum Gasteiger partial charge on any atom is 0.289 e. The number of amides is 1. The second kappa shape index (κ2) is 8.28. The summed E-state index contributed by atoms with van der Waals surface area (Å²) >= 11 is 0. The summed E-state index contributed by atoms with van der Waals surface area (Å²) in [4.78, 5) is 24.6. The van der Waals surface area contributed by atoms with Crippen LogP contribution in [0.1, 0.15) is 10.4 Å². The molecule has 11 heteroatoms. The Labute approximate surface area is 178 Å². The van der Waals surface area contributed by atoms with Crippen molar-refractivity contribution in [2.24, 2.45) is 0 Å². The average molecular weight is 441 g/mol. The van der Waals surface area contributed by atoms with Gasteiger partial charge in [0.25, 0.3) is 11.6 Å². The van der Waals surface area contributed by atoms with Crippen molar-refractivity contribution >= 4 is 21.6 Å². The summed E-state index contributed by atoms with van der Waals surface area (Å²) in [5.41, 5.74) is 0.853. The number of hydrogen-bond acceptors (Lipinski definition) is 6. The van der Waals surface area contributed by atoms with Gasteiger partial charge in [0.1, 0.15) is 0 Å². The molecule has 2 heterocycles. The Morgan fingerprint density at radius 3 is 2.26 bits per heavy atom. The van der Waals surface area contributed by atoms with Gasteiger partial charge in [-0.2, -0.15) is 9.40 Å². The second-order valence-electron chi connectivity index (χ2n) is 6.92. The van der Waals surface area contributed by atoms with Gasteiger partial charge in [-0.1, -0.05) is 12.1 Å². The first-order chi connectivity index (χ1) is 14.9. The smallest absolute Gasteiger partial charge is 0.289 e. The molecule has 0 atom stereocenters. The number of carbonyl (C=O) groups is 1. The molecule has 1 aliphatic heterocycles. The molecule has 1 aromatic heterocycles. The number of aromatic nitrogens is 2. The molecular formula is C20H19N5O5S. The van der Waals surface area contributed by atoms with Crippen LogP contribution in [0, 0.1) is 10.1 Å². The molecule has 0 bridgehead atoms. The molecule has 1 aliphatic rings. The lowest BCUT2D eigenvalue weighted by Crippen LogP contribution is -2.50. The second-order valence-corrected chi connectivity index (χ2v) is 8.82. The fourth-order valence-electron chi connectivity index (χ4n) is 3.46. The summed E-state index contributed by atoms with van der Waals surface area (Å²) < 4.78 is 28.7. The summed E-state index contributed by atoms with van der Waals surface area (Å²) in [6.07, 6.45) is 3.46. The van der Waals surface area contributed by atoms with Gasteiger partial charge in [0.05, 0.1) is 10.6 Å². The van der Waals surface area contributed by atoms with Crippen LogP contribution in [0.2, 0.25) is 0 Å². The fraction of sp³-hybridized carbons (Fsp3) is 0.200. The van der Waals surface area contributed by atoms with Crippen LogP contribution in [-0.4, -0.2) is 64.4 Å². The highest BCUT2D eigenvalue weighted by Crippen LogP contribution is 2.27. The third-order valence-electron chi connectivity index (χ3n) is 5.09. The number of benzene rings is 2. The molecule has 10 nitrogen and oxygen atoms in total. The molecule has 31 heavy (non-hydrogen) atoms. The van der Waals surface area contributed by atoms with E-state index in [0.29, 0.717) is 5.56 Å². The maximum atomic E-state index is 12.9. The van der Waals surface area contributed by atoms with Gasteiger partial charge in [0.2, 0.25) is 10.0 Å². The number of rotatable bonds is 5. The fourth-order valence-corrected chi connectivity index (χ4v) is 5.04. The van der Waals surface area contributed by atoms with Gasteiger partial charge in [-0.25, -0.2) is 13.1 Å². The van der Waals surface area contributed by atoms with Gasteiger partial charge in [-0.05, 0) is 36.4 Å². The van der Waals surface area contributed by atoms with Crippen molar-refractivity contribution < 1.29 is 18.1 Å². The molecule has 0 radical (unpaired) electrons. The van der Waals surface area contributed by atoms with E-state index in [2.05, 4.69) is 5.10 Å². The molecule has 1 amide bonds. The summed E-state index contributed by atoms with van der Waals surface area (Å²) in [5.74, 6) is -0.199. The third-order valence-corrected chi connectivity index (χ3v) is 7.03. The van der Waals surface area contributed by atoms with Crippen molar-refractivity contribution in [2.45, 2.75) is 4.90 Å². The van der Waals surface area contributed by atoms with Gasteiger partial charge in [-0.3, -0.25) is 14.9 Å². The number of nitro groups is 1. The Morgan fingerprint density at radius 2 is 1.65 bits per heavy atom. The van der Waals surface area contributed by atoms with Crippen molar-refractivity contribution in [3.05, 3.63) is 82.7 Å². The van der Waals surface area contributed by atoms with E-state index in [1.165, 1.54) is 28.6 Å². The highest BCUT2D eigenvalue weighted by atomic mass is 32.2. The van der Waals surface area contributed by atoms with Crippen molar-refractivity contribution in [2.75, 3.05) is 26.2 Å². The Hall–Kier alpha value is -3.57. The minimum atomic E-state index is -4.04. The molecule has 1 fully saturated rings. The summed E-state index contributed by atoms with van der Waals surface area (Å²) in [6.45, 7) is 0.510. The highest BCUT2D eigenvalue weighted by molar-refractivity contribution is 7.89. The van der Waals surface area contributed by atoms with Crippen molar-refractivity contribution in [3.63, 3.8) is 0 Å². The largest absolute Gasteiger partial charge is 0.336 e. The first kappa shape index (κ1) is 20.7. The molecule has 0 unspecified atom stereocenters. The van der Waals surface area contributed by atoms with E-state index < -0.39 is 20.6 Å². The van der Waals surface area contributed by atoms with Crippen LogP contribution in [-0.2, 0) is 10.0 Å². The van der Waals surface area contributed by atoms with Crippen LogP contribution in [0.4, 0.5) is 5.69 Å². The minimum Gasteiger partial charge on any atom is -0.336 e. The normalized spacial score (nSPS) is 15.0. The zero-order valence-corrected chi connectivity index (χ0v) is 17.2. The lowest BCUT2D eigenvalue weighted by molar-refractivity contribution is -0.387. The van der Waals surface area contributed by atoms with Crippen LogP contribution in [0.15, 0.2) is 71.9 Å². The average Bonchev–Trinajstić information content (AvgIpc) is 3.34. The van der Waals surface area contributed by atoms with E-state index in [0.717, 1.165) is 5.69 Å². The number of nitro benzene ring substituents is 1. The molecule has 4 rings (SSSR count). The zero-order valence-electron chi connectivity index (χ0n) is 16.4. The molecule has 0 spiro atoms. The summed E-state index contributed by atoms with van der Waals surface area (Å²) in [6, 6.07) is 14.1. The number of hydrogen-bond donors (Lipinski definition) is 0. The first-order valence-electron chi connectivity index (χ1n) is 9.51. The quantitative estimate of drug-likeness (QED) is 0.441. The lowest BCUT2D eigenvalue weighted by Gasteiger charge is -2.34. The molecule has 0 aliphatic carbocycles. The number of carbonyl (C=O) groups excluding carboxylic acids is 1. The van der Waals surface area contributed by atoms with E-state index in [1.54, 1.807) is 52.3 Å². The number of piperazine rings is 1. The van der Waals surface area contributed by atoms with Gasteiger partial charge in [0.15, 0.2) is 4.90 Å². The molecule has 160 valence electrons. The van der Waals surface area contributed by atoms with E-state index in [9.17, 15) is 23.3 Å². The number of para-hydroxylation sites is 1. The minimum absolute atomic E-state index is 0.0610. The predicted octanol–water partition coefficient (Wildman–Crippen LogP) is 1.93. The standard InChI is InChI=1S/C20H19N5O5S/c26-20(16-6-8-17(9-7-16)24-11-3-10-21-24)22-12-14-23(15-13-22)31(29,30)19-5-2-1-4-18(19)25(27)28/h1-11H,12-15H2. The summed E-state index contributed by atoms with van der Waals surface area (Å²) in [5, 5.41) is 15.4. The molecule has 1 saturated heterocycles. The third kappa shape index (κ3) is 4.05. The van der Waals surface area contributed by atoms with E-state index >= 15 is 0 Å². The van der Waals surface area contributed by atoms with Crippen molar-refractivity contribution in [1.29, 1.82) is 0 Å². The van der Waals surface area contributed by atoms with Crippen molar-refractivity contribution in [3.8, 4) is 5.69 Å². The Kier molecular flexibility index (Phi) is 5.53. The van der Waals surface area contributed by atoms with Crippen LogP contribution < -0.4 is 0 Å². The molecule has 3 aromatic rings. The Morgan fingerprint density at radius 1 is 0.968 bits per heavy atom. The maximum absolute atomic E-state index is 12.9. The Balaban J connectivity index is 1.45.